The molecule has 2 heterocycles. The van der Waals surface area contributed by atoms with E-state index in [1.54, 1.807) is 0 Å². The minimum atomic E-state index is 0.915. The zero-order chi connectivity index (χ0) is 24.9. The van der Waals surface area contributed by atoms with Gasteiger partial charge in [-0.1, -0.05) is 103 Å². The Morgan fingerprint density at radius 3 is 1.59 bits per heavy atom. The second-order valence-electron chi connectivity index (χ2n) is 8.79. The Morgan fingerprint density at radius 2 is 0.946 bits per heavy atom. The van der Waals surface area contributed by atoms with E-state index in [1.165, 1.54) is 0 Å². The van der Waals surface area contributed by atoms with E-state index in [1.807, 2.05) is 54.7 Å². The fourth-order valence-corrected chi connectivity index (χ4v) is 4.52. The van der Waals surface area contributed by atoms with Crippen LogP contribution in [-0.4, -0.2) is 9.97 Å². The van der Waals surface area contributed by atoms with Gasteiger partial charge in [0.05, 0.1) is 17.1 Å². The molecule has 0 unspecified atom stereocenters. The smallest absolute Gasteiger partial charge is 0.0736 e. The quantitative estimate of drug-likeness (QED) is 0.261. The molecule has 6 rings (SSSR count). The van der Waals surface area contributed by atoms with Crippen LogP contribution in [0, 0.1) is 0 Å². The molecule has 2 aromatic heterocycles. The molecule has 0 spiro atoms. The molecule has 0 aliphatic carbocycles. The van der Waals surface area contributed by atoms with Gasteiger partial charge in [-0.2, -0.15) is 0 Å². The average Bonchev–Trinajstić information content (AvgIpc) is 2.99. The van der Waals surface area contributed by atoms with Gasteiger partial charge in [0.15, 0.2) is 0 Å². The van der Waals surface area contributed by atoms with Gasteiger partial charge in [-0.15, -0.1) is 0 Å². The molecular formula is C34H25N3. The predicted octanol–water partition coefficient (Wildman–Crippen LogP) is 8.89. The van der Waals surface area contributed by atoms with Crippen molar-refractivity contribution in [3.8, 4) is 44.9 Å². The predicted molar refractivity (Wildman–Crippen MR) is 154 cm³/mol. The Hall–Kier alpha value is -5.02. The number of para-hydroxylation sites is 2. The Morgan fingerprint density at radius 1 is 0.405 bits per heavy atom. The fourth-order valence-electron chi connectivity index (χ4n) is 4.52. The van der Waals surface area contributed by atoms with Gasteiger partial charge < -0.3 is 5.32 Å². The summed E-state index contributed by atoms with van der Waals surface area (Å²) in [6.45, 7) is 0. The molecule has 3 heteroatoms. The lowest BCUT2D eigenvalue weighted by molar-refractivity contribution is 1.31. The molecule has 0 saturated heterocycles. The molecular weight excluding hydrogens is 450 g/mol. The molecule has 6 aromatic rings. The first kappa shape index (κ1) is 22.4. The molecule has 4 aromatic carbocycles. The minimum absolute atomic E-state index is 0.915. The minimum Gasteiger partial charge on any atom is -0.354 e. The molecule has 0 aliphatic rings. The second kappa shape index (κ2) is 10.3. The first-order chi connectivity index (χ1) is 18.3. The van der Waals surface area contributed by atoms with Gasteiger partial charge in [-0.3, -0.25) is 4.98 Å². The van der Waals surface area contributed by atoms with Crippen LogP contribution in [0.3, 0.4) is 0 Å². The molecule has 0 saturated carbocycles. The lowest BCUT2D eigenvalue weighted by Crippen LogP contribution is -1.98. The summed E-state index contributed by atoms with van der Waals surface area (Å²) in [5, 5.41) is 3.68. The van der Waals surface area contributed by atoms with Gasteiger partial charge in [0, 0.05) is 34.3 Å². The van der Waals surface area contributed by atoms with Gasteiger partial charge in [0.25, 0.3) is 0 Å². The maximum absolute atomic E-state index is 5.13. The van der Waals surface area contributed by atoms with Crippen molar-refractivity contribution in [1.82, 2.24) is 9.97 Å². The lowest BCUT2D eigenvalue weighted by atomic mass is 9.99. The molecule has 3 nitrogen and oxygen atoms in total. The van der Waals surface area contributed by atoms with Crippen LogP contribution in [0.5, 0.6) is 0 Å². The van der Waals surface area contributed by atoms with E-state index in [9.17, 15) is 0 Å². The highest BCUT2D eigenvalue weighted by Crippen LogP contribution is 2.36. The highest BCUT2D eigenvalue weighted by atomic mass is 14.9. The summed E-state index contributed by atoms with van der Waals surface area (Å²) < 4.78 is 0. The van der Waals surface area contributed by atoms with Crippen LogP contribution in [-0.2, 0) is 0 Å². The first-order valence-corrected chi connectivity index (χ1v) is 12.3. The SMILES string of the molecule is c1ccc(-c2cc(-c3ccccc3)nc(-c3ccccc3Nc3ccccc3-c3ccccn3)c2)cc1. The van der Waals surface area contributed by atoms with Crippen molar-refractivity contribution in [3.63, 3.8) is 0 Å². The molecule has 0 amide bonds. The summed E-state index contributed by atoms with van der Waals surface area (Å²) in [7, 11) is 0. The molecule has 0 bridgehead atoms. The fraction of sp³-hybridized carbons (Fsp3) is 0. The van der Waals surface area contributed by atoms with Crippen molar-refractivity contribution in [3.05, 3.63) is 146 Å². The number of nitrogens with zero attached hydrogens (tertiary/aromatic N) is 2. The van der Waals surface area contributed by atoms with Gasteiger partial charge in [0.1, 0.15) is 0 Å². The van der Waals surface area contributed by atoms with Crippen LogP contribution in [0.2, 0.25) is 0 Å². The number of anilines is 2. The molecule has 0 fully saturated rings. The van der Waals surface area contributed by atoms with Gasteiger partial charge in [-0.05, 0) is 47.5 Å². The molecule has 0 atom stereocenters. The van der Waals surface area contributed by atoms with Gasteiger partial charge in [-0.25, -0.2) is 4.98 Å². The highest BCUT2D eigenvalue weighted by Gasteiger charge is 2.13. The third-order valence-electron chi connectivity index (χ3n) is 6.34. The zero-order valence-electron chi connectivity index (χ0n) is 20.3. The van der Waals surface area contributed by atoms with E-state index in [4.69, 9.17) is 4.98 Å². The van der Waals surface area contributed by atoms with Crippen LogP contribution >= 0.6 is 0 Å². The highest BCUT2D eigenvalue weighted by molar-refractivity contribution is 5.87. The summed E-state index contributed by atoms with van der Waals surface area (Å²) in [4.78, 5) is 9.70. The number of aromatic nitrogens is 2. The average molecular weight is 476 g/mol. The van der Waals surface area contributed by atoms with Crippen molar-refractivity contribution in [2.45, 2.75) is 0 Å². The van der Waals surface area contributed by atoms with E-state index < -0.39 is 0 Å². The molecule has 1 N–H and O–H groups in total. The number of nitrogens with one attached hydrogen (secondary N) is 1. The van der Waals surface area contributed by atoms with Crippen LogP contribution in [0.1, 0.15) is 0 Å². The lowest BCUT2D eigenvalue weighted by Gasteiger charge is -2.16. The van der Waals surface area contributed by atoms with E-state index in [0.717, 1.165) is 56.3 Å². The van der Waals surface area contributed by atoms with Crippen molar-refractivity contribution in [1.29, 1.82) is 0 Å². The van der Waals surface area contributed by atoms with Crippen LogP contribution in [0.4, 0.5) is 11.4 Å². The second-order valence-corrected chi connectivity index (χ2v) is 8.79. The third-order valence-corrected chi connectivity index (χ3v) is 6.34. The van der Waals surface area contributed by atoms with Crippen molar-refractivity contribution < 1.29 is 0 Å². The Kier molecular flexibility index (Phi) is 6.25. The monoisotopic (exact) mass is 475 g/mol. The molecule has 0 aliphatic heterocycles. The van der Waals surface area contributed by atoms with Crippen LogP contribution < -0.4 is 5.32 Å². The van der Waals surface area contributed by atoms with Gasteiger partial charge in [0.2, 0.25) is 0 Å². The van der Waals surface area contributed by atoms with Crippen LogP contribution in [0.15, 0.2) is 146 Å². The summed E-state index contributed by atoms with van der Waals surface area (Å²) in [6.07, 6.45) is 1.82. The number of rotatable bonds is 6. The van der Waals surface area contributed by atoms with E-state index in [0.29, 0.717) is 0 Å². The first-order valence-electron chi connectivity index (χ1n) is 12.3. The number of hydrogen-bond acceptors (Lipinski definition) is 3. The number of hydrogen-bond donors (Lipinski definition) is 1. The largest absolute Gasteiger partial charge is 0.354 e. The molecule has 37 heavy (non-hydrogen) atoms. The Balaban J connectivity index is 1.47. The van der Waals surface area contributed by atoms with Crippen LogP contribution in [0.25, 0.3) is 44.9 Å². The standard InChI is InChI=1S/C34H25N3/c1-3-13-25(14-4-1)27-23-33(26-15-5-2-6-16-26)37-34(24-27)29-18-8-10-21-32(29)36-31-20-9-7-17-28(31)30-19-11-12-22-35-30/h1-24,36H. The summed E-state index contributed by atoms with van der Waals surface area (Å²) in [6, 6.07) is 47.7. The Labute approximate surface area is 217 Å². The third kappa shape index (κ3) is 4.89. The maximum atomic E-state index is 5.13. The Bertz CT molecular complexity index is 1570. The van der Waals surface area contributed by atoms with E-state index in [2.05, 4.69) is 101 Å². The van der Waals surface area contributed by atoms with Crippen molar-refractivity contribution >= 4 is 11.4 Å². The van der Waals surface area contributed by atoms with Crippen molar-refractivity contribution in [2.75, 3.05) is 5.32 Å². The van der Waals surface area contributed by atoms with E-state index >= 15 is 0 Å². The van der Waals surface area contributed by atoms with E-state index in [-0.39, 0.29) is 0 Å². The van der Waals surface area contributed by atoms with Gasteiger partial charge >= 0.3 is 0 Å². The summed E-state index contributed by atoms with van der Waals surface area (Å²) in [5.74, 6) is 0. The van der Waals surface area contributed by atoms with Crippen molar-refractivity contribution in [2.24, 2.45) is 0 Å². The topological polar surface area (TPSA) is 37.8 Å². The maximum Gasteiger partial charge on any atom is 0.0736 e. The summed E-state index contributed by atoms with van der Waals surface area (Å²) >= 11 is 0. The normalized spacial score (nSPS) is 10.7. The zero-order valence-corrected chi connectivity index (χ0v) is 20.3. The number of pyridine rings is 2. The number of benzene rings is 4. The molecule has 176 valence electrons. The molecule has 0 radical (unpaired) electrons. The summed E-state index contributed by atoms with van der Waals surface area (Å²) in [5.41, 5.74) is 10.2.